The molecule has 0 radical (unpaired) electrons. The second kappa shape index (κ2) is 9.19. The Balaban J connectivity index is 1.46. The van der Waals surface area contributed by atoms with Crippen molar-refractivity contribution in [2.75, 3.05) is 24.3 Å². The average Bonchev–Trinajstić information content (AvgIpc) is 3.22. The van der Waals surface area contributed by atoms with E-state index in [9.17, 15) is 14.0 Å². The summed E-state index contributed by atoms with van der Waals surface area (Å²) in [7, 11) is 1.34. The molecule has 1 aliphatic heterocycles. The molecule has 0 aliphatic carbocycles. The molecule has 32 heavy (non-hydrogen) atoms. The van der Waals surface area contributed by atoms with Crippen LogP contribution < -0.4 is 25.3 Å². The standard InChI is InChI=1S/C23H20FN3O4S/c1-13-3-8-16(24)17(11-13)27-23(29)26-14-4-6-15(7-5-14)31-19-9-10-25-18-12-20(22(28)30-2)32-21(18)19/h3-8,11-12H,9-10H2,1-2H3,(H2,26,27,29). The van der Waals surface area contributed by atoms with Crippen molar-refractivity contribution < 1.29 is 23.5 Å². The number of urea groups is 1. The maximum atomic E-state index is 13.8. The Kier molecular flexibility index (Phi) is 6.18. The first-order valence-electron chi connectivity index (χ1n) is 9.81. The minimum atomic E-state index is -0.551. The highest BCUT2D eigenvalue weighted by molar-refractivity contribution is 7.11. The molecule has 0 fully saturated rings. The number of thiophene rings is 1. The van der Waals surface area contributed by atoms with Crippen molar-refractivity contribution in [3.8, 4) is 5.75 Å². The molecule has 2 N–H and O–H groups in total. The zero-order chi connectivity index (χ0) is 22.7. The van der Waals surface area contributed by atoms with E-state index in [0.717, 1.165) is 21.2 Å². The molecule has 1 aliphatic rings. The summed E-state index contributed by atoms with van der Waals surface area (Å²) in [6.45, 7) is 2.38. The molecule has 0 spiro atoms. The van der Waals surface area contributed by atoms with Crippen LogP contribution in [0.5, 0.6) is 5.75 Å². The number of nitrogens with zero attached hydrogens (tertiary/aromatic N) is 1. The lowest BCUT2D eigenvalue weighted by atomic mass is 10.2. The van der Waals surface area contributed by atoms with Crippen molar-refractivity contribution in [1.29, 1.82) is 0 Å². The number of methoxy groups -OCH3 is 1. The van der Waals surface area contributed by atoms with Gasteiger partial charge in [0.15, 0.2) is 0 Å². The van der Waals surface area contributed by atoms with Crippen LogP contribution in [0.4, 0.5) is 20.6 Å². The van der Waals surface area contributed by atoms with Crippen LogP contribution in [0.25, 0.3) is 5.76 Å². The van der Waals surface area contributed by atoms with Crippen LogP contribution in [0.3, 0.4) is 0 Å². The lowest BCUT2D eigenvalue weighted by molar-refractivity contribution is 0.0606. The summed E-state index contributed by atoms with van der Waals surface area (Å²) in [4.78, 5) is 28.9. The van der Waals surface area contributed by atoms with Gasteiger partial charge in [0.25, 0.3) is 0 Å². The number of hydrogen-bond donors (Lipinski definition) is 2. The fourth-order valence-corrected chi connectivity index (χ4v) is 4.20. The molecule has 0 unspecified atom stereocenters. The Morgan fingerprint density at radius 3 is 2.62 bits per heavy atom. The van der Waals surface area contributed by atoms with E-state index in [-0.39, 0.29) is 5.69 Å². The second-order valence-corrected chi connectivity index (χ2v) is 8.11. The molecule has 2 heterocycles. The number of benzene rings is 2. The van der Waals surface area contributed by atoms with Gasteiger partial charge in [-0.25, -0.2) is 14.0 Å². The minimum Gasteiger partial charge on any atom is -0.465 e. The number of aryl methyl sites for hydroxylation is 1. The topological polar surface area (TPSA) is 89.0 Å². The Bertz CT molecular complexity index is 1300. The molecule has 7 nitrogen and oxygen atoms in total. The highest BCUT2D eigenvalue weighted by Gasteiger charge is 2.16. The minimum absolute atomic E-state index is 0.111. The molecule has 2 aromatic carbocycles. The summed E-state index contributed by atoms with van der Waals surface area (Å²) in [6.07, 6.45) is 0.610. The van der Waals surface area contributed by atoms with Crippen molar-refractivity contribution >= 4 is 40.5 Å². The van der Waals surface area contributed by atoms with Crippen LogP contribution >= 0.6 is 11.3 Å². The van der Waals surface area contributed by atoms with Crippen molar-refractivity contribution in [2.24, 2.45) is 4.99 Å². The van der Waals surface area contributed by atoms with Crippen molar-refractivity contribution in [1.82, 2.24) is 0 Å². The van der Waals surface area contributed by atoms with Crippen LogP contribution in [0.2, 0.25) is 0 Å². The lowest BCUT2D eigenvalue weighted by Crippen LogP contribution is -2.27. The van der Waals surface area contributed by atoms with E-state index < -0.39 is 17.8 Å². The van der Waals surface area contributed by atoms with Crippen LogP contribution in [-0.4, -0.2) is 25.7 Å². The number of esters is 1. The first-order chi connectivity index (χ1) is 15.4. The van der Waals surface area contributed by atoms with Crippen LogP contribution in [0.15, 0.2) is 53.5 Å². The van der Waals surface area contributed by atoms with E-state index in [1.54, 1.807) is 42.5 Å². The van der Waals surface area contributed by atoms with Crippen molar-refractivity contribution in [3.63, 3.8) is 0 Å². The average molecular weight is 453 g/mol. The second-order valence-electron chi connectivity index (χ2n) is 7.06. The maximum Gasteiger partial charge on any atom is 0.348 e. The molecule has 1 aromatic heterocycles. The largest absolute Gasteiger partial charge is 0.465 e. The van der Waals surface area contributed by atoms with Crippen LogP contribution in [-0.2, 0) is 4.74 Å². The molecule has 2 amide bonds. The van der Waals surface area contributed by atoms with Gasteiger partial charge in [-0.15, -0.1) is 11.3 Å². The zero-order valence-electron chi connectivity index (χ0n) is 17.4. The molecule has 0 saturated heterocycles. The van der Waals surface area contributed by atoms with Gasteiger partial charge in [0.1, 0.15) is 22.2 Å². The number of halogens is 1. The molecule has 9 heteroatoms. The van der Waals surface area contributed by atoms with Crippen LogP contribution in [0, 0.1) is 12.7 Å². The number of carbonyl (C=O) groups excluding carboxylic acids is 2. The Labute approximate surface area is 187 Å². The van der Waals surface area contributed by atoms with E-state index in [2.05, 4.69) is 15.6 Å². The van der Waals surface area contributed by atoms with E-state index in [0.29, 0.717) is 29.3 Å². The zero-order valence-corrected chi connectivity index (χ0v) is 18.2. The molecule has 164 valence electrons. The van der Waals surface area contributed by atoms with Gasteiger partial charge in [-0.3, -0.25) is 4.99 Å². The first-order valence-corrected chi connectivity index (χ1v) is 10.6. The number of anilines is 2. The predicted octanol–water partition coefficient (Wildman–Crippen LogP) is 3.84. The number of nitrogens with one attached hydrogen (secondary N) is 2. The number of hydrogen-bond acceptors (Lipinski definition) is 6. The van der Waals surface area contributed by atoms with Gasteiger partial charge in [-0.1, -0.05) is 6.07 Å². The Morgan fingerprint density at radius 1 is 1.09 bits per heavy atom. The van der Waals surface area contributed by atoms with Gasteiger partial charge < -0.3 is 20.1 Å². The number of amides is 2. The number of rotatable bonds is 5. The van der Waals surface area contributed by atoms with Crippen molar-refractivity contribution in [2.45, 2.75) is 13.3 Å². The SMILES string of the molecule is COC(=O)c1cc2c(s1)=C(Oc1ccc(NC(=O)Nc3cc(C)ccc3F)cc1)CCN=2. The summed E-state index contributed by atoms with van der Waals surface area (Å²) in [5, 5.41) is 5.88. The molecular formula is C23H20FN3O4S. The van der Waals surface area contributed by atoms with Gasteiger partial charge in [0.2, 0.25) is 0 Å². The molecule has 0 bridgehead atoms. The monoisotopic (exact) mass is 453 g/mol. The highest BCUT2D eigenvalue weighted by Crippen LogP contribution is 2.21. The van der Waals surface area contributed by atoms with Gasteiger partial charge in [0, 0.05) is 18.7 Å². The summed E-state index contributed by atoms with van der Waals surface area (Å²) < 4.78 is 25.4. The molecule has 3 aromatic rings. The quantitative estimate of drug-likeness (QED) is 0.575. The lowest BCUT2D eigenvalue weighted by Gasteiger charge is -2.12. The predicted molar refractivity (Wildman–Crippen MR) is 120 cm³/mol. The van der Waals surface area contributed by atoms with E-state index >= 15 is 0 Å². The third kappa shape index (κ3) is 4.78. The first kappa shape index (κ1) is 21.5. The summed E-state index contributed by atoms with van der Waals surface area (Å²) in [5.41, 5.74) is 1.47. The number of ether oxygens (including phenoxy) is 2. The van der Waals surface area contributed by atoms with E-state index in [4.69, 9.17) is 9.47 Å². The van der Waals surface area contributed by atoms with E-state index in [1.807, 2.05) is 6.92 Å². The molecular weight excluding hydrogens is 433 g/mol. The van der Waals surface area contributed by atoms with Gasteiger partial charge in [0.05, 0.1) is 22.7 Å². The smallest absolute Gasteiger partial charge is 0.348 e. The number of carbonyl (C=O) groups is 2. The third-order valence-corrected chi connectivity index (χ3v) is 5.84. The normalized spacial score (nSPS) is 12.4. The molecule has 4 rings (SSSR count). The summed E-state index contributed by atoms with van der Waals surface area (Å²) >= 11 is 1.28. The maximum absolute atomic E-state index is 13.8. The Hall–Kier alpha value is -3.72. The fourth-order valence-electron chi connectivity index (χ4n) is 3.16. The highest BCUT2D eigenvalue weighted by atomic mass is 32.1. The fraction of sp³-hybridized carbons (Fsp3) is 0.174. The van der Waals surface area contributed by atoms with Crippen molar-refractivity contribution in [3.05, 3.63) is 74.7 Å². The van der Waals surface area contributed by atoms with Crippen LogP contribution in [0.1, 0.15) is 21.7 Å². The van der Waals surface area contributed by atoms with Gasteiger partial charge >= 0.3 is 12.0 Å². The Morgan fingerprint density at radius 2 is 1.88 bits per heavy atom. The van der Waals surface area contributed by atoms with Gasteiger partial charge in [-0.05, 0) is 55.0 Å². The summed E-state index contributed by atoms with van der Waals surface area (Å²) in [5.74, 6) is 0.396. The molecule has 0 atom stereocenters. The molecule has 0 saturated carbocycles. The summed E-state index contributed by atoms with van der Waals surface area (Å²) in [6, 6.07) is 12.5. The van der Waals surface area contributed by atoms with Gasteiger partial charge in [-0.2, -0.15) is 0 Å². The third-order valence-electron chi connectivity index (χ3n) is 4.70. The number of fused-ring (bicyclic) bond motifs is 1. The van der Waals surface area contributed by atoms with E-state index in [1.165, 1.54) is 24.5 Å².